The molecule has 0 saturated carbocycles. The SMILES string of the molecule is COc1cc(C)c(/C(O)=C2\C(=O)C(=O)N(c3ccccc3)C2c2c[nH]c3ccccc23)cc1C(C)C. The van der Waals surface area contributed by atoms with Gasteiger partial charge in [0.15, 0.2) is 0 Å². The second-order valence-electron chi connectivity index (χ2n) is 9.36. The number of rotatable bonds is 5. The van der Waals surface area contributed by atoms with E-state index in [1.165, 1.54) is 4.90 Å². The Bertz CT molecular complexity index is 1510. The highest BCUT2D eigenvalue weighted by molar-refractivity contribution is 6.52. The number of para-hydroxylation sites is 2. The minimum atomic E-state index is -0.799. The summed E-state index contributed by atoms with van der Waals surface area (Å²) in [6.45, 7) is 5.93. The molecule has 1 aliphatic rings. The topological polar surface area (TPSA) is 82.6 Å². The molecule has 1 amide bonds. The molecule has 182 valence electrons. The number of Topliss-reactive ketones (excluding diaryl/α,β-unsaturated/α-hetero) is 1. The number of nitrogens with one attached hydrogen (secondary N) is 1. The summed E-state index contributed by atoms with van der Waals surface area (Å²) < 4.78 is 5.56. The van der Waals surface area contributed by atoms with E-state index in [0.29, 0.717) is 11.3 Å². The van der Waals surface area contributed by atoms with Crippen LogP contribution in [0, 0.1) is 6.92 Å². The van der Waals surface area contributed by atoms with E-state index in [-0.39, 0.29) is 17.3 Å². The highest BCUT2D eigenvalue weighted by Gasteiger charge is 2.47. The van der Waals surface area contributed by atoms with Crippen molar-refractivity contribution in [2.24, 2.45) is 0 Å². The third kappa shape index (κ3) is 3.66. The summed E-state index contributed by atoms with van der Waals surface area (Å²) in [5.74, 6) is -0.731. The molecule has 4 aromatic rings. The lowest BCUT2D eigenvalue weighted by Crippen LogP contribution is -2.29. The van der Waals surface area contributed by atoms with Crippen molar-refractivity contribution >= 4 is 34.0 Å². The number of amides is 1. The number of anilines is 1. The van der Waals surface area contributed by atoms with Crippen LogP contribution in [0.1, 0.15) is 48.1 Å². The molecule has 0 aliphatic carbocycles. The van der Waals surface area contributed by atoms with Crippen LogP contribution in [-0.2, 0) is 9.59 Å². The van der Waals surface area contributed by atoms with E-state index in [4.69, 9.17) is 4.74 Å². The first-order chi connectivity index (χ1) is 17.3. The maximum absolute atomic E-state index is 13.6. The van der Waals surface area contributed by atoms with Crippen LogP contribution in [0.2, 0.25) is 0 Å². The molecule has 1 fully saturated rings. The van der Waals surface area contributed by atoms with Gasteiger partial charge in [0, 0.05) is 33.9 Å². The van der Waals surface area contributed by atoms with Crippen LogP contribution in [0.4, 0.5) is 5.69 Å². The number of methoxy groups -OCH3 is 1. The second-order valence-corrected chi connectivity index (χ2v) is 9.36. The Morgan fingerprint density at radius 1 is 1.03 bits per heavy atom. The van der Waals surface area contributed by atoms with Crippen LogP contribution in [0.3, 0.4) is 0 Å². The quantitative estimate of drug-likeness (QED) is 0.201. The number of aromatic amines is 1. The molecule has 1 aromatic heterocycles. The number of hydrogen-bond acceptors (Lipinski definition) is 4. The number of aliphatic hydroxyl groups is 1. The molecule has 2 heterocycles. The zero-order valence-corrected chi connectivity index (χ0v) is 20.7. The van der Waals surface area contributed by atoms with Crippen molar-refractivity contribution in [2.75, 3.05) is 12.0 Å². The number of H-pyrrole nitrogens is 1. The van der Waals surface area contributed by atoms with Gasteiger partial charge in [-0.15, -0.1) is 0 Å². The van der Waals surface area contributed by atoms with Gasteiger partial charge in [0.2, 0.25) is 0 Å². The first kappa shape index (κ1) is 23.4. The van der Waals surface area contributed by atoms with Crippen LogP contribution in [0.15, 0.2) is 78.5 Å². The maximum atomic E-state index is 13.6. The Labute approximate surface area is 209 Å². The molecule has 1 aliphatic heterocycles. The fourth-order valence-corrected chi connectivity index (χ4v) is 5.03. The summed E-state index contributed by atoms with van der Waals surface area (Å²) in [4.78, 5) is 31.7. The van der Waals surface area contributed by atoms with Crippen LogP contribution >= 0.6 is 0 Å². The molecule has 3 aromatic carbocycles. The molecule has 36 heavy (non-hydrogen) atoms. The Hall–Kier alpha value is -4.32. The normalized spacial score (nSPS) is 17.4. The summed E-state index contributed by atoms with van der Waals surface area (Å²) >= 11 is 0. The molecule has 6 nitrogen and oxygen atoms in total. The van der Waals surface area contributed by atoms with Gasteiger partial charge < -0.3 is 14.8 Å². The van der Waals surface area contributed by atoms with Crippen molar-refractivity contribution in [2.45, 2.75) is 32.7 Å². The zero-order chi connectivity index (χ0) is 25.6. The maximum Gasteiger partial charge on any atom is 0.300 e. The van der Waals surface area contributed by atoms with Crippen molar-refractivity contribution in [1.82, 2.24) is 4.98 Å². The minimum absolute atomic E-state index is 0.0663. The van der Waals surface area contributed by atoms with E-state index in [1.807, 2.05) is 81.6 Å². The van der Waals surface area contributed by atoms with Crippen molar-refractivity contribution < 1.29 is 19.4 Å². The number of carbonyl (C=O) groups is 2. The lowest BCUT2D eigenvalue weighted by molar-refractivity contribution is -0.132. The summed E-state index contributed by atoms with van der Waals surface area (Å²) in [5, 5.41) is 12.6. The summed E-state index contributed by atoms with van der Waals surface area (Å²) in [6, 6.07) is 19.7. The van der Waals surface area contributed by atoms with Gasteiger partial charge >= 0.3 is 0 Å². The fraction of sp³-hybridized carbons (Fsp3) is 0.200. The number of aryl methyl sites for hydroxylation is 1. The number of hydrogen-bond donors (Lipinski definition) is 2. The Kier molecular flexibility index (Phi) is 5.88. The largest absolute Gasteiger partial charge is 0.507 e. The number of ether oxygens (including phenoxy) is 1. The van der Waals surface area contributed by atoms with Crippen molar-refractivity contribution in [3.63, 3.8) is 0 Å². The fourth-order valence-electron chi connectivity index (χ4n) is 5.03. The predicted octanol–water partition coefficient (Wildman–Crippen LogP) is 6.23. The molecular weight excluding hydrogens is 452 g/mol. The number of nitrogens with zero attached hydrogens (tertiary/aromatic N) is 1. The van der Waals surface area contributed by atoms with Gasteiger partial charge in [-0.2, -0.15) is 0 Å². The van der Waals surface area contributed by atoms with Crippen LogP contribution < -0.4 is 9.64 Å². The molecule has 1 unspecified atom stereocenters. The first-order valence-corrected chi connectivity index (χ1v) is 11.9. The van der Waals surface area contributed by atoms with Gasteiger partial charge in [-0.1, -0.05) is 50.2 Å². The van der Waals surface area contributed by atoms with Crippen molar-refractivity contribution in [3.8, 4) is 5.75 Å². The number of carbonyl (C=O) groups excluding carboxylic acids is 2. The van der Waals surface area contributed by atoms with Crippen LogP contribution in [-0.4, -0.2) is 28.9 Å². The van der Waals surface area contributed by atoms with Gasteiger partial charge in [0.25, 0.3) is 11.7 Å². The summed E-state index contributed by atoms with van der Waals surface area (Å²) in [6.07, 6.45) is 1.81. The van der Waals surface area contributed by atoms with Crippen molar-refractivity contribution in [3.05, 3.63) is 101 Å². The smallest absolute Gasteiger partial charge is 0.300 e. The number of aromatic nitrogens is 1. The van der Waals surface area contributed by atoms with E-state index >= 15 is 0 Å². The van der Waals surface area contributed by atoms with E-state index in [0.717, 1.165) is 33.3 Å². The molecule has 0 radical (unpaired) electrons. The molecule has 1 saturated heterocycles. The lowest BCUT2D eigenvalue weighted by Gasteiger charge is -2.25. The zero-order valence-electron chi connectivity index (χ0n) is 20.7. The molecule has 5 rings (SSSR count). The molecule has 0 bridgehead atoms. The Morgan fingerprint density at radius 3 is 2.42 bits per heavy atom. The highest BCUT2D eigenvalue weighted by Crippen LogP contribution is 2.45. The van der Waals surface area contributed by atoms with E-state index in [2.05, 4.69) is 4.98 Å². The van der Waals surface area contributed by atoms with Gasteiger partial charge in [-0.25, -0.2) is 0 Å². The number of benzene rings is 3. The van der Waals surface area contributed by atoms with Crippen molar-refractivity contribution in [1.29, 1.82) is 0 Å². The standard InChI is InChI=1S/C30H28N2O4/c1-17(2)21-15-22(18(3)14-25(21)36-4)28(33)26-27(23-16-31-24-13-9-8-12-20(23)24)32(30(35)29(26)34)19-10-6-5-7-11-19/h5-17,27,31,33H,1-4H3/b28-26+. The Balaban J connectivity index is 1.80. The number of ketones is 1. The van der Waals surface area contributed by atoms with Crippen LogP contribution in [0.25, 0.3) is 16.7 Å². The van der Waals surface area contributed by atoms with Gasteiger partial charge in [0.05, 0.1) is 18.7 Å². The first-order valence-electron chi connectivity index (χ1n) is 11.9. The molecule has 1 atom stereocenters. The minimum Gasteiger partial charge on any atom is -0.507 e. The van der Waals surface area contributed by atoms with E-state index in [9.17, 15) is 14.7 Å². The number of fused-ring (bicyclic) bond motifs is 1. The highest BCUT2D eigenvalue weighted by atomic mass is 16.5. The molecule has 0 spiro atoms. The monoisotopic (exact) mass is 480 g/mol. The van der Waals surface area contributed by atoms with E-state index < -0.39 is 17.7 Å². The van der Waals surface area contributed by atoms with Gasteiger partial charge in [-0.3, -0.25) is 14.5 Å². The Morgan fingerprint density at radius 2 is 1.72 bits per heavy atom. The third-order valence-corrected chi connectivity index (χ3v) is 6.85. The third-order valence-electron chi connectivity index (χ3n) is 6.85. The molecule has 2 N–H and O–H groups in total. The van der Waals surface area contributed by atoms with E-state index in [1.54, 1.807) is 19.2 Å². The van der Waals surface area contributed by atoms with Crippen LogP contribution in [0.5, 0.6) is 5.75 Å². The molecular formula is C30H28N2O4. The predicted molar refractivity (Wildman–Crippen MR) is 141 cm³/mol. The second kappa shape index (κ2) is 9.04. The average Bonchev–Trinajstić information content (AvgIpc) is 3.42. The summed E-state index contributed by atoms with van der Waals surface area (Å²) in [7, 11) is 1.61. The summed E-state index contributed by atoms with van der Waals surface area (Å²) in [5.41, 5.74) is 4.44. The average molecular weight is 481 g/mol. The molecule has 6 heteroatoms. The number of aliphatic hydroxyl groups excluding tert-OH is 1. The van der Waals surface area contributed by atoms with Gasteiger partial charge in [0.1, 0.15) is 11.5 Å². The lowest BCUT2D eigenvalue weighted by atomic mass is 9.91. The van der Waals surface area contributed by atoms with Gasteiger partial charge in [-0.05, 0) is 54.3 Å².